The zero-order chi connectivity index (χ0) is 21.7. The van der Waals surface area contributed by atoms with Gasteiger partial charge in [0.25, 0.3) is 0 Å². The van der Waals surface area contributed by atoms with Crippen LogP contribution in [-0.2, 0) is 20.7 Å². The van der Waals surface area contributed by atoms with Gasteiger partial charge >= 0.3 is 0 Å². The number of hydrogen-bond acceptors (Lipinski definition) is 3. The molecular formula is C25H29FN2O3. The third kappa shape index (κ3) is 5.13. The van der Waals surface area contributed by atoms with E-state index in [4.69, 9.17) is 4.74 Å². The van der Waals surface area contributed by atoms with Crippen molar-refractivity contribution in [2.24, 2.45) is 5.41 Å². The number of ether oxygens (including phenoxy) is 1. The van der Waals surface area contributed by atoms with Crippen molar-refractivity contribution in [3.63, 3.8) is 0 Å². The quantitative estimate of drug-likeness (QED) is 0.739. The fourth-order valence-corrected chi connectivity index (χ4v) is 4.60. The van der Waals surface area contributed by atoms with Gasteiger partial charge in [-0.1, -0.05) is 36.4 Å². The molecule has 0 bridgehead atoms. The first kappa shape index (κ1) is 21.5. The molecule has 2 heterocycles. The highest BCUT2D eigenvalue weighted by atomic mass is 19.1. The lowest BCUT2D eigenvalue weighted by Crippen LogP contribution is -2.48. The van der Waals surface area contributed by atoms with Gasteiger partial charge in [0.05, 0.1) is 5.41 Å². The number of amides is 2. The smallest absolute Gasteiger partial charge is 0.226 e. The summed E-state index contributed by atoms with van der Waals surface area (Å²) in [6.45, 7) is 2.92. The van der Waals surface area contributed by atoms with E-state index in [0.29, 0.717) is 52.0 Å². The summed E-state index contributed by atoms with van der Waals surface area (Å²) in [5.41, 5.74) is 2.27. The van der Waals surface area contributed by atoms with Crippen LogP contribution in [0.3, 0.4) is 0 Å². The van der Waals surface area contributed by atoms with Gasteiger partial charge < -0.3 is 15.0 Å². The second kappa shape index (κ2) is 9.60. The Morgan fingerprint density at radius 3 is 2.55 bits per heavy atom. The molecule has 5 nitrogen and oxygen atoms in total. The Bertz CT molecular complexity index is 940. The van der Waals surface area contributed by atoms with Crippen LogP contribution in [0.5, 0.6) is 0 Å². The van der Waals surface area contributed by atoms with E-state index < -0.39 is 5.41 Å². The van der Waals surface area contributed by atoms with E-state index in [1.54, 1.807) is 6.07 Å². The van der Waals surface area contributed by atoms with Crippen LogP contribution in [0.4, 0.5) is 4.39 Å². The minimum Gasteiger partial charge on any atom is -0.381 e. The van der Waals surface area contributed by atoms with Crippen LogP contribution in [0.1, 0.15) is 31.2 Å². The van der Waals surface area contributed by atoms with Crippen molar-refractivity contribution >= 4 is 11.8 Å². The first-order valence-electron chi connectivity index (χ1n) is 11.0. The minimum atomic E-state index is -0.534. The molecule has 0 aliphatic carbocycles. The molecule has 2 amide bonds. The molecular weight excluding hydrogens is 395 g/mol. The van der Waals surface area contributed by atoms with Crippen LogP contribution < -0.4 is 5.32 Å². The number of likely N-dealkylation sites (tertiary alicyclic amines) is 1. The number of carbonyl (C=O) groups is 2. The fraction of sp³-hybridized carbons (Fsp3) is 0.440. The summed E-state index contributed by atoms with van der Waals surface area (Å²) in [6.07, 6.45) is 3.43. The monoisotopic (exact) mass is 424 g/mol. The number of benzene rings is 2. The average Bonchev–Trinajstić information content (AvgIpc) is 3.19. The van der Waals surface area contributed by atoms with Gasteiger partial charge in [-0.25, -0.2) is 4.39 Å². The maximum absolute atomic E-state index is 13.7. The van der Waals surface area contributed by atoms with Crippen LogP contribution in [0, 0.1) is 11.2 Å². The normalized spacial score (nSPS) is 18.2. The second-order valence-corrected chi connectivity index (χ2v) is 8.52. The average molecular weight is 425 g/mol. The molecule has 2 aliphatic rings. The van der Waals surface area contributed by atoms with Gasteiger partial charge in [0.1, 0.15) is 5.82 Å². The first-order valence-corrected chi connectivity index (χ1v) is 11.0. The molecule has 2 aliphatic heterocycles. The van der Waals surface area contributed by atoms with Gasteiger partial charge in [-0.3, -0.25) is 9.59 Å². The van der Waals surface area contributed by atoms with Gasteiger partial charge in [-0.15, -0.1) is 0 Å². The number of hydrogen-bond donors (Lipinski definition) is 1. The molecule has 0 atom stereocenters. The molecule has 0 spiro atoms. The van der Waals surface area contributed by atoms with Crippen molar-refractivity contribution in [2.75, 3.05) is 32.8 Å². The molecule has 2 aromatic rings. The van der Waals surface area contributed by atoms with E-state index in [-0.39, 0.29) is 17.6 Å². The predicted molar refractivity (Wildman–Crippen MR) is 117 cm³/mol. The van der Waals surface area contributed by atoms with E-state index in [9.17, 15) is 14.0 Å². The van der Waals surface area contributed by atoms with Gasteiger partial charge in [0.2, 0.25) is 11.8 Å². The largest absolute Gasteiger partial charge is 0.381 e. The minimum absolute atomic E-state index is 0.0265. The molecule has 2 fully saturated rings. The SMILES string of the molecule is O=C1CCCN1CCNC(=O)C1(Cc2cccc(-c3cccc(F)c3)c2)CCOCC1. The summed E-state index contributed by atoms with van der Waals surface area (Å²) >= 11 is 0. The van der Waals surface area contributed by atoms with E-state index in [1.807, 2.05) is 35.2 Å². The Hall–Kier alpha value is -2.73. The Morgan fingerprint density at radius 2 is 1.84 bits per heavy atom. The van der Waals surface area contributed by atoms with E-state index in [2.05, 4.69) is 5.32 Å². The predicted octanol–water partition coefficient (Wildman–Crippen LogP) is 3.57. The Labute approximate surface area is 182 Å². The van der Waals surface area contributed by atoms with Gasteiger partial charge in [0, 0.05) is 39.3 Å². The topological polar surface area (TPSA) is 58.6 Å². The van der Waals surface area contributed by atoms with Crippen molar-refractivity contribution in [3.8, 4) is 11.1 Å². The Morgan fingerprint density at radius 1 is 1.10 bits per heavy atom. The van der Waals surface area contributed by atoms with Gasteiger partial charge in [-0.05, 0) is 54.5 Å². The number of nitrogens with zero attached hydrogens (tertiary/aromatic N) is 1. The molecule has 0 aromatic heterocycles. The van der Waals surface area contributed by atoms with Crippen molar-refractivity contribution in [1.82, 2.24) is 10.2 Å². The maximum Gasteiger partial charge on any atom is 0.226 e. The zero-order valence-corrected chi connectivity index (χ0v) is 17.7. The number of nitrogens with one attached hydrogen (secondary N) is 1. The third-order valence-electron chi connectivity index (χ3n) is 6.40. The molecule has 2 aromatic carbocycles. The van der Waals surface area contributed by atoms with Crippen LogP contribution in [0.15, 0.2) is 48.5 Å². The number of halogens is 1. The highest BCUT2D eigenvalue weighted by Gasteiger charge is 2.40. The van der Waals surface area contributed by atoms with Gasteiger partial charge in [0.15, 0.2) is 0 Å². The van der Waals surface area contributed by atoms with Crippen LogP contribution in [-0.4, -0.2) is 49.6 Å². The molecule has 1 N–H and O–H groups in total. The summed E-state index contributed by atoms with van der Waals surface area (Å²) < 4.78 is 19.2. The zero-order valence-electron chi connectivity index (χ0n) is 17.7. The summed E-state index contributed by atoms with van der Waals surface area (Å²) in [6, 6.07) is 14.5. The van der Waals surface area contributed by atoms with Crippen LogP contribution in [0.2, 0.25) is 0 Å². The molecule has 31 heavy (non-hydrogen) atoms. The van der Waals surface area contributed by atoms with Crippen molar-refractivity contribution in [2.45, 2.75) is 32.1 Å². The Balaban J connectivity index is 1.46. The molecule has 0 saturated carbocycles. The molecule has 0 radical (unpaired) electrons. The van der Waals surface area contributed by atoms with Crippen molar-refractivity contribution < 1.29 is 18.7 Å². The lowest BCUT2D eigenvalue weighted by molar-refractivity contribution is -0.137. The number of rotatable bonds is 7. The molecule has 164 valence electrons. The molecule has 2 saturated heterocycles. The maximum atomic E-state index is 13.7. The summed E-state index contributed by atoms with van der Waals surface area (Å²) in [5.74, 6) is -0.0672. The second-order valence-electron chi connectivity index (χ2n) is 8.52. The van der Waals surface area contributed by atoms with Crippen molar-refractivity contribution in [1.29, 1.82) is 0 Å². The summed E-state index contributed by atoms with van der Waals surface area (Å²) in [7, 11) is 0. The number of carbonyl (C=O) groups excluding carboxylic acids is 2. The first-order chi connectivity index (χ1) is 15.1. The highest BCUT2D eigenvalue weighted by molar-refractivity contribution is 5.83. The Kier molecular flexibility index (Phi) is 6.66. The lowest BCUT2D eigenvalue weighted by atomic mass is 9.74. The van der Waals surface area contributed by atoms with Gasteiger partial charge in [-0.2, -0.15) is 0 Å². The lowest BCUT2D eigenvalue weighted by Gasteiger charge is -2.36. The van der Waals surface area contributed by atoms with Crippen LogP contribution >= 0.6 is 0 Å². The molecule has 6 heteroatoms. The fourth-order valence-electron chi connectivity index (χ4n) is 4.60. The van der Waals surface area contributed by atoms with Crippen molar-refractivity contribution in [3.05, 3.63) is 59.9 Å². The summed E-state index contributed by atoms with van der Waals surface area (Å²) in [5, 5.41) is 3.08. The highest BCUT2D eigenvalue weighted by Crippen LogP contribution is 2.35. The standard InChI is InChI=1S/C25H29FN2O3/c26-22-7-2-6-21(17-22)20-5-1-4-19(16-20)18-25(9-14-31-15-10-25)24(30)27-11-13-28-12-3-8-23(28)29/h1-2,4-7,16-17H,3,8-15,18H2,(H,27,30). The van der Waals surface area contributed by atoms with E-state index in [1.165, 1.54) is 12.1 Å². The van der Waals surface area contributed by atoms with Crippen LogP contribution in [0.25, 0.3) is 11.1 Å². The third-order valence-corrected chi connectivity index (χ3v) is 6.40. The summed E-state index contributed by atoms with van der Waals surface area (Å²) in [4.78, 5) is 26.9. The van der Waals surface area contributed by atoms with E-state index >= 15 is 0 Å². The molecule has 0 unspecified atom stereocenters. The van der Waals surface area contributed by atoms with E-state index in [0.717, 1.165) is 29.7 Å². The molecule has 4 rings (SSSR count).